The highest BCUT2D eigenvalue weighted by Crippen LogP contribution is 2.41. The molecule has 2 aliphatic rings. The Balaban J connectivity index is 1.35. The van der Waals surface area contributed by atoms with E-state index in [-0.39, 0.29) is 35.4 Å². The molecule has 2 aliphatic heterocycles. The number of carbonyl (C=O) groups is 2. The number of aromatic carboxylic acids is 1. The molecular formula is C28H19N3O6. The second-order valence-corrected chi connectivity index (χ2v) is 8.36. The van der Waals surface area contributed by atoms with Crippen LogP contribution in [0.15, 0.2) is 90.0 Å². The smallest absolute Gasteiger partial charge is 0.335 e. The standard InChI is InChI=1S/C28H19N3O6/c32-26-19(16-5-3-6-17(13-16)28(34)35)8-4-9-21(26)29-30-25-20-7-1-2-10-22(20)31(27(25)33)18-11-12-23-24(14-18)37-15-36-23/h1-14,29,32H,15H2,(H,34,35). The Morgan fingerprint density at radius 2 is 1.68 bits per heavy atom. The molecule has 0 spiro atoms. The van der Waals surface area contributed by atoms with E-state index < -0.39 is 5.97 Å². The van der Waals surface area contributed by atoms with E-state index in [9.17, 15) is 19.8 Å². The fraction of sp³-hybridized carbons (Fsp3) is 0.0357. The molecule has 9 heteroatoms. The highest BCUT2D eigenvalue weighted by molar-refractivity contribution is 6.55. The molecule has 4 aromatic carbocycles. The van der Waals surface area contributed by atoms with Gasteiger partial charge in [-0.2, -0.15) is 5.10 Å². The quantitative estimate of drug-likeness (QED) is 0.265. The first-order valence-electron chi connectivity index (χ1n) is 11.3. The number of carbonyl (C=O) groups excluding carboxylic acids is 1. The number of carboxylic acids is 1. The van der Waals surface area contributed by atoms with Crippen molar-refractivity contribution in [1.82, 2.24) is 0 Å². The van der Waals surface area contributed by atoms with Crippen LogP contribution in [0.4, 0.5) is 17.1 Å². The first-order chi connectivity index (χ1) is 18.0. The van der Waals surface area contributed by atoms with E-state index in [4.69, 9.17) is 9.47 Å². The van der Waals surface area contributed by atoms with E-state index in [1.54, 1.807) is 59.5 Å². The van der Waals surface area contributed by atoms with Crippen LogP contribution in [0.2, 0.25) is 0 Å². The van der Waals surface area contributed by atoms with E-state index in [0.717, 1.165) is 0 Å². The van der Waals surface area contributed by atoms with Gasteiger partial charge in [-0.1, -0.05) is 42.5 Å². The Morgan fingerprint density at radius 1 is 0.892 bits per heavy atom. The average molecular weight is 493 g/mol. The molecule has 0 fully saturated rings. The zero-order valence-electron chi connectivity index (χ0n) is 19.2. The fourth-order valence-electron chi connectivity index (χ4n) is 4.39. The molecular weight excluding hydrogens is 474 g/mol. The van der Waals surface area contributed by atoms with Gasteiger partial charge in [-0.3, -0.25) is 15.1 Å². The van der Waals surface area contributed by atoms with Crippen molar-refractivity contribution in [2.45, 2.75) is 0 Å². The minimum atomic E-state index is -1.06. The van der Waals surface area contributed by atoms with Crippen molar-refractivity contribution in [1.29, 1.82) is 0 Å². The van der Waals surface area contributed by atoms with Gasteiger partial charge in [-0.25, -0.2) is 4.79 Å². The van der Waals surface area contributed by atoms with Crippen LogP contribution in [0, 0.1) is 0 Å². The van der Waals surface area contributed by atoms with Crippen molar-refractivity contribution in [2.24, 2.45) is 5.10 Å². The van der Waals surface area contributed by atoms with Crippen LogP contribution in [0.3, 0.4) is 0 Å². The second kappa shape index (κ2) is 8.72. The number of hydrazone groups is 1. The normalized spacial score (nSPS) is 14.6. The van der Waals surface area contributed by atoms with Crippen LogP contribution in [0.5, 0.6) is 17.2 Å². The molecule has 1 amide bonds. The Kier molecular flexibility index (Phi) is 5.23. The SMILES string of the molecule is O=C(O)c1cccc(-c2cccc(NN=C3C(=O)N(c4ccc5c(c4)OCO5)c4ccccc43)c2O)c1. The van der Waals surface area contributed by atoms with Crippen LogP contribution in [0.1, 0.15) is 15.9 Å². The maximum Gasteiger partial charge on any atom is 0.335 e. The summed E-state index contributed by atoms with van der Waals surface area (Å²) < 4.78 is 10.9. The first-order valence-corrected chi connectivity index (χ1v) is 11.3. The third kappa shape index (κ3) is 3.79. The molecule has 9 nitrogen and oxygen atoms in total. The fourth-order valence-corrected chi connectivity index (χ4v) is 4.39. The molecule has 3 N–H and O–H groups in total. The lowest BCUT2D eigenvalue weighted by Gasteiger charge is -2.17. The van der Waals surface area contributed by atoms with Crippen LogP contribution in [0.25, 0.3) is 11.1 Å². The molecule has 0 aliphatic carbocycles. The summed E-state index contributed by atoms with van der Waals surface area (Å²) >= 11 is 0. The summed E-state index contributed by atoms with van der Waals surface area (Å²) in [4.78, 5) is 26.4. The Morgan fingerprint density at radius 3 is 2.54 bits per heavy atom. The van der Waals surface area contributed by atoms with E-state index in [2.05, 4.69) is 10.5 Å². The third-order valence-corrected chi connectivity index (χ3v) is 6.16. The molecule has 0 aromatic heterocycles. The van der Waals surface area contributed by atoms with Crippen LogP contribution in [-0.2, 0) is 4.79 Å². The summed E-state index contributed by atoms with van der Waals surface area (Å²) in [6.07, 6.45) is 0. The number of hydrogen-bond acceptors (Lipinski definition) is 7. The van der Waals surface area contributed by atoms with Gasteiger partial charge in [0, 0.05) is 17.2 Å². The number of phenols is 1. The van der Waals surface area contributed by atoms with Crippen LogP contribution < -0.4 is 19.8 Å². The van der Waals surface area contributed by atoms with Gasteiger partial charge in [0.2, 0.25) is 6.79 Å². The largest absolute Gasteiger partial charge is 0.505 e. The van der Waals surface area contributed by atoms with Crippen molar-refractivity contribution in [3.8, 4) is 28.4 Å². The maximum absolute atomic E-state index is 13.5. The molecule has 6 rings (SSSR count). The van der Waals surface area contributed by atoms with Gasteiger partial charge in [0.1, 0.15) is 5.75 Å². The van der Waals surface area contributed by atoms with Crippen molar-refractivity contribution in [2.75, 3.05) is 17.1 Å². The first kappa shape index (κ1) is 22.2. The van der Waals surface area contributed by atoms with E-state index in [0.29, 0.717) is 39.6 Å². The average Bonchev–Trinajstić information content (AvgIpc) is 3.49. The summed E-state index contributed by atoms with van der Waals surface area (Å²) in [5.41, 5.74) is 6.21. The van der Waals surface area contributed by atoms with Crippen LogP contribution in [-0.4, -0.2) is 34.6 Å². The lowest BCUT2D eigenvalue weighted by atomic mass is 10.0. The molecule has 0 bridgehead atoms. The molecule has 0 atom stereocenters. The predicted molar refractivity (Wildman–Crippen MR) is 137 cm³/mol. The van der Waals surface area contributed by atoms with Gasteiger partial charge in [0.05, 0.1) is 22.6 Å². The minimum absolute atomic E-state index is 0.104. The summed E-state index contributed by atoms with van der Waals surface area (Å²) in [6, 6.07) is 23.8. The summed E-state index contributed by atoms with van der Waals surface area (Å²) in [5, 5.41) is 24.6. The predicted octanol–water partition coefficient (Wildman–Crippen LogP) is 4.98. The van der Waals surface area contributed by atoms with E-state index >= 15 is 0 Å². The van der Waals surface area contributed by atoms with Crippen LogP contribution >= 0.6 is 0 Å². The highest BCUT2D eigenvalue weighted by atomic mass is 16.7. The number of para-hydroxylation sites is 2. The van der Waals surface area contributed by atoms with Gasteiger partial charge in [-0.15, -0.1) is 0 Å². The second-order valence-electron chi connectivity index (χ2n) is 8.36. The monoisotopic (exact) mass is 493 g/mol. The number of benzene rings is 4. The van der Waals surface area contributed by atoms with Gasteiger partial charge < -0.3 is 19.7 Å². The summed E-state index contributed by atoms with van der Waals surface area (Å²) in [5.74, 6) is -0.367. The number of ether oxygens (including phenoxy) is 2. The third-order valence-electron chi connectivity index (χ3n) is 6.16. The summed E-state index contributed by atoms with van der Waals surface area (Å²) in [7, 11) is 0. The zero-order valence-corrected chi connectivity index (χ0v) is 19.2. The summed E-state index contributed by atoms with van der Waals surface area (Å²) in [6.45, 7) is 0.128. The van der Waals surface area contributed by atoms with Gasteiger partial charge in [-0.05, 0) is 42.0 Å². The molecule has 182 valence electrons. The Bertz CT molecular complexity index is 1610. The molecule has 37 heavy (non-hydrogen) atoms. The number of amides is 1. The van der Waals surface area contributed by atoms with Crippen molar-refractivity contribution in [3.05, 3.63) is 96.1 Å². The number of anilines is 3. The van der Waals surface area contributed by atoms with Crippen molar-refractivity contribution in [3.63, 3.8) is 0 Å². The number of fused-ring (bicyclic) bond motifs is 2. The number of rotatable bonds is 5. The van der Waals surface area contributed by atoms with Crippen molar-refractivity contribution < 1.29 is 29.3 Å². The topological polar surface area (TPSA) is 121 Å². The molecule has 2 heterocycles. The van der Waals surface area contributed by atoms with Gasteiger partial charge in [0.25, 0.3) is 5.91 Å². The minimum Gasteiger partial charge on any atom is -0.505 e. The van der Waals surface area contributed by atoms with E-state index in [1.807, 2.05) is 18.2 Å². The number of hydrogen-bond donors (Lipinski definition) is 3. The number of nitrogens with zero attached hydrogens (tertiary/aromatic N) is 2. The Hall–Kier alpha value is -5.31. The molecule has 0 saturated heterocycles. The number of aromatic hydroxyl groups is 1. The van der Waals surface area contributed by atoms with Gasteiger partial charge >= 0.3 is 5.97 Å². The Labute approximate surface area is 210 Å². The molecule has 0 unspecified atom stereocenters. The molecule has 0 radical (unpaired) electrons. The lowest BCUT2D eigenvalue weighted by Crippen LogP contribution is -2.26. The molecule has 0 saturated carbocycles. The van der Waals surface area contributed by atoms with Gasteiger partial charge in [0.15, 0.2) is 17.2 Å². The maximum atomic E-state index is 13.5. The number of carboxylic acid groups (broad SMARTS) is 1. The highest BCUT2D eigenvalue weighted by Gasteiger charge is 2.35. The van der Waals surface area contributed by atoms with E-state index in [1.165, 1.54) is 12.1 Å². The van der Waals surface area contributed by atoms with Crippen molar-refractivity contribution >= 4 is 34.7 Å². The number of nitrogens with one attached hydrogen (secondary N) is 1. The zero-order chi connectivity index (χ0) is 25.5. The lowest BCUT2D eigenvalue weighted by molar-refractivity contribution is -0.111. The molecule has 4 aromatic rings. The number of phenolic OH excluding ortho intramolecular Hbond substituents is 1.